The fourth-order valence-electron chi connectivity index (χ4n) is 2.06. The van der Waals surface area contributed by atoms with Crippen molar-refractivity contribution in [3.8, 4) is 0 Å². The maximum Gasteiger partial charge on any atom is 0.128 e. The number of halogens is 2. The van der Waals surface area contributed by atoms with Crippen molar-refractivity contribution in [1.82, 2.24) is 0 Å². The molecule has 2 aromatic carbocycles. The van der Waals surface area contributed by atoms with Crippen LogP contribution in [-0.4, -0.2) is 0 Å². The van der Waals surface area contributed by atoms with E-state index in [9.17, 15) is 8.78 Å². The van der Waals surface area contributed by atoms with Crippen molar-refractivity contribution in [1.29, 1.82) is 0 Å². The number of hydrogen-bond acceptors (Lipinski definition) is 1. The molecular formula is C16H17F2N. The molecule has 1 atom stereocenters. The standard InChI is InChI=1S/C16H17F2N/c1-3-16(12-6-4-11(2)5-7-12)19-15-9-13(17)8-14(18)10-15/h4-10,16,19H,3H2,1-2H3. The van der Waals surface area contributed by atoms with E-state index in [0.29, 0.717) is 5.69 Å². The number of rotatable bonds is 4. The summed E-state index contributed by atoms with van der Waals surface area (Å²) in [5.74, 6) is -1.14. The summed E-state index contributed by atoms with van der Waals surface area (Å²) in [5.41, 5.74) is 2.76. The lowest BCUT2D eigenvalue weighted by molar-refractivity contribution is 0.583. The molecule has 0 spiro atoms. The van der Waals surface area contributed by atoms with Gasteiger partial charge < -0.3 is 5.32 Å². The summed E-state index contributed by atoms with van der Waals surface area (Å²) >= 11 is 0. The summed E-state index contributed by atoms with van der Waals surface area (Å²) < 4.78 is 26.3. The van der Waals surface area contributed by atoms with Crippen LogP contribution in [0.15, 0.2) is 42.5 Å². The van der Waals surface area contributed by atoms with Crippen LogP contribution in [0.5, 0.6) is 0 Å². The van der Waals surface area contributed by atoms with Crippen molar-refractivity contribution in [2.45, 2.75) is 26.3 Å². The number of nitrogens with one attached hydrogen (secondary N) is 1. The zero-order valence-corrected chi connectivity index (χ0v) is 11.1. The van der Waals surface area contributed by atoms with Gasteiger partial charge >= 0.3 is 0 Å². The number of hydrogen-bond donors (Lipinski definition) is 1. The van der Waals surface area contributed by atoms with Crippen LogP contribution in [0.2, 0.25) is 0 Å². The Labute approximate surface area is 112 Å². The summed E-state index contributed by atoms with van der Waals surface area (Å²) in [7, 11) is 0. The Balaban J connectivity index is 2.21. The predicted molar refractivity (Wildman–Crippen MR) is 74.2 cm³/mol. The smallest absolute Gasteiger partial charge is 0.128 e. The summed E-state index contributed by atoms with van der Waals surface area (Å²) in [6.45, 7) is 4.06. The molecule has 1 unspecified atom stereocenters. The average Bonchev–Trinajstić information content (AvgIpc) is 2.36. The molecule has 0 heterocycles. The third-order valence-corrected chi connectivity index (χ3v) is 3.09. The highest BCUT2D eigenvalue weighted by Gasteiger charge is 2.10. The Hall–Kier alpha value is -1.90. The van der Waals surface area contributed by atoms with Crippen molar-refractivity contribution < 1.29 is 8.78 Å². The highest BCUT2D eigenvalue weighted by Crippen LogP contribution is 2.24. The summed E-state index contributed by atoms with van der Waals surface area (Å²) in [4.78, 5) is 0. The van der Waals surface area contributed by atoms with Gasteiger partial charge in [0.15, 0.2) is 0 Å². The van der Waals surface area contributed by atoms with Gasteiger partial charge in [0.1, 0.15) is 11.6 Å². The van der Waals surface area contributed by atoms with Crippen molar-refractivity contribution in [2.24, 2.45) is 0 Å². The van der Waals surface area contributed by atoms with Gasteiger partial charge in [-0.05, 0) is 31.0 Å². The highest BCUT2D eigenvalue weighted by molar-refractivity contribution is 5.46. The third-order valence-electron chi connectivity index (χ3n) is 3.09. The Morgan fingerprint density at radius 3 is 2.11 bits per heavy atom. The molecule has 1 nitrogen and oxygen atoms in total. The van der Waals surface area contributed by atoms with E-state index in [4.69, 9.17) is 0 Å². The Kier molecular flexibility index (Phi) is 4.15. The van der Waals surface area contributed by atoms with Crippen molar-refractivity contribution in [3.63, 3.8) is 0 Å². The largest absolute Gasteiger partial charge is 0.378 e. The fraction of sp³-hybridized carbons (Fsp3) is 0.250. The highest BCUT2D eigenvalue weighted by atomic mass is 19.1. The van der Waals surface area contributed by atoms with Gasteiger partial charge in [0, 0.05) is 11.8 Å². The third kappa shape index (κ3) is 3.53. The first-order valence-corrected chi connectivity index (χ1v) is 6.37. The zero-order chi connectivity index (χ0) is 13.8. The molecule has 0 aliphatic carbocycles. The molecule has 0 saturated carbocycles. The van der Waals surface area contributed by atoms with Crippen molar-refractivity contribution in [2.75, 3.05) is 5.32 Å². The van der Waals surface area contributed by atoms with E-state index in [1.165, 1.54) is 17.7 Å². The first kappa shape index (κ1) is 13.5. The first-order valence-electron chi connectivity index (χ1n) is 6.37. The van der Waals surface area contributed by atoms with Crippen molar-refractivity contribution >= 4 is 5.69 Å². The molecule has 0 aliphatic heterocycles. The number of anilines is 1. The molecule has 3 heteroatoms. The number of benzene rings is 2. The summed E-state index contributed by atoms with van der Waals surface area (Å²) in [5, 5.41) is 3.17. The first-order chi connectivity index (χ1) is 9.08. The summed E-state index contributed by atoms with van der Waals surface area (Å²) in [6.07, 6.45) is 0.835. The van der Waals surface area contributed by atoms with Crippen LogP contribution < -0.4 is 5.32 Å². The molecule has 2 aromatic rings. The zero-order valence-electron chi connectivity index (χ0n) is 11.1. The van der Waals surface area contributed by atoms with Gasteiger partial charge in [-0.3, -0.25) is 0 Å². The second-order valence-electron chi connectivity index (χ2n) is 4.67. The molecule has 0 aromatic heterocycles. The molecule has 0 amide bonds. The normalized spacial score (nSPS) is 12.2. The lowest BCUT2D eigenvalue weighted by Crippen LogP contribution is -2.10. The topological polar surface area (TPSA) is 12.0 Å². The van der Waals surface area contributed by atoms with E-state index < -0.39 is 11.6 Å². The molecule has 1 N–H and O–H groups in total. The molecule has 100 valence electrons. The van der Waals surface area contributed by atoms with Crippen LogP contribution in [-0.2, 0) is 0 Å². The van der Waals surface area contributed by atoms with Crippen LogP contribution in [0.3, 0.4) is 0 Å². The van der Waals surface area contributed by atoms with Crippen LogP contribution in [0.4, 0.5) is 14.5 Å². The molecule has 2 rings (SSSR count). The Morgan fingerprint density at radius 1 is 1.00 bits per heavy atom. The van der Waals surface area contributed by atoms with Gasteiger partial charge in [0.25, 0.3) is 0 Å². The van der Waals surface area contributed by atoms with Gasteiger partial charge in [-0.1, -0.05) is 36.8 Å². The number of aryl methyl sites for hydroxylation is 1. The van der Waals surface area contributed by atoms with Crippen LogP contribution >= 0.6 is 0 Å². The molecule has 0 bridgehead atoms. The molecule has 0 radical (unpaired) electrons. The van der Waals surface area contributed by atoms with Crippen LogP contribution in [0.25, 0.3) is 0 Å². The molecule has 0 saturated heterocycles. The van der Waals surface area contributed by atoms with Crippen LogP contribution in [0, 0.1) is 18.6 Å². The van der Waals surface area contributed by atoms with Gasteiger partial charge in [-0.25, -0.2) is 8.78 Å². The quantitative estimate of drug-likeness (QED) is 0.830. The molecule has 0 aliphatic rings. The van der Waals surface area contributed by atoms with Crippen LogP contribution in [0.1, 0.15) is 30.5 Å². The van der Waals surface area contributed by atoms with E-state index in [1.807, 2.05) is 38.1 Å². The monoisotopic (exact) mass is 261 g/mol. The van der Waals surface area contributed by atoms with Gasteiger partial charge in [0.05, 0.1) is 6.04 Å². The van der Waals surface area contributed by atoms with E-state index in [-0.39, 0.29) is 6.04 Å². The van der Waals surface area contributed by atoms with E-state index in [0.717, 1.165) is 18.1 Å². The van der Waals surface area contributed by atoms with Crippen molar-refractivity contribution in [3.05, 3.63) is 65.2 Å². The second kappa shape index (κ2) is 5.83. The minimum Gasteiger partial charge on any atom is -0.378 e. The van der Waals surface area contributed by atoms with E-state index >= 15 is 0 Å². The molecular weight excluding hydrogens is 244 g/mol. The SMILES string of the molecule is CCC(Nc1cc(F)cc(F)c1)c1ccc(C)cc1. The Morgan fingerprint density at radius 2 is 1.58 bits per heavy atom. The van der Waals surface area contributed by atoms with E-state index in [1.54, 1.807) is 0 Å². The van der Waals surface area contributed by atoms with Gasteiger partial charge in [-0.15, -0.1) is 0 Å². The predicted octanol–water partition coefficient (Wildman–Crippen LogP) is 4.84. The lowest BCUT2D eigenvalue weighted by Gasteiger charge is -2.19. The minimum absolute atomic E-state index is 0.0433. The minimum atomic E-state index is -0.568. The van der Waals surface area contributed by atoms with Gasteiger partial charge in [0.2, 0.25) is 0 Å². The average molecular weight is 261 g/mol. The molecule has 19 heavy (non-hydrogen) atoms. The summed E-state index contributed by atoms with van der Waals surface area (Å²) in [6, 6.07) is 11.7. The molecule has 0 fully saturated rings. The van der Waals surface area contributed by atoms with E-state index in [2.05, 4.69) is 5.32 Å². The second-order valence-corrected chi connectivity index (χ2v) is 4.67. The Bertz CT molecular complexity index is 529. The maximum atomic E-state index is 13.2. The maximum absolute atomic E-state index is 13.2. The lowest BCUT2D eigenvalue weighted by atomic mass is 10.0. The fourth-order valence-corrected chi connectivity index (χ4v) is 2.06. The van der Waals surface area contributed by atoms with Gasteiger partial charge in [-0.2, -0.15) is 0 Å².